The quantitative estimate of drug-likeness (QED) is 0.0568. The lowest BCUT2D eigenvalue weighted by Crippen LogP contribution is -2.72. The molecule has 4 aliphatic heterocycles. The first kappa shape index (κ1) is 49.7. The molecule has 1 saturated carbocycles. The highest BCUT2D eigenvalue weighted by atomic mass is 16.7. The van der Waals surface area contributed by atoms with Gasteiger partial charge in [0, 0.05) is 35.0 Å². The van der Waals surface area contributed by atoms with Crippen molar-refractivity contribution in [1.29, 1.82) is 0 Å². The lowest BCUT2D eigenvalue weighted by Gasteiger charge is -2.56. The Labute approximate surface area is 385 Å². The molecule has 362 valence electrons. The SMILES string of the molecule is CC(C)=CCCC1(C)C=Cc2c(c(CC=C(C)C)c3c(c2O[C@@H]2O[C@H](CO)[C@@H](O)[C@@H](O)[C@H]2O)C(=O)C2=CC4CC5C(C)(C)OC(C/C=C(/C)C(=O)OCCOCCOCCO)(C4=O)C25O3)O1. The van der Waals surface area contributed by atoms with Crippen molar-refractivity contribution in [2.75, 3.05) is 46.2 Å². The molecule has 2 saturated heterocycles. The zero-order chi connectivity index (χ0) is 47.9. The smallest absolute Gasteiger partial charge is 0.333 e. The van der Waals surface area contributed by atoms with Gasteiger partial charge in [-0.05, 0) is 93.2 Å². The molecular weight excluding hydrogens is 857 g/mol. The first-order chi connectivity index (χ1) is 31.3. The number of fused-ring (bicyclic) bond motifs is 2. The Bertz CT molecular complexity index is 2210. The fraction of sp³-hybridized carbons (Fsp3) is 0.620. The molecule has 1 spiro atoms. The lowest BCUT2D eigenvalue weighted by atomic mass is 9.51. The van der Waals surface area contributed by atoms with Crippen LogP contribution in [-0.2, 0) is 39.7 Å². The highest BCUT2D eigenvalue weighted by Gasteiger charge is 2.81. The first-order valence-corrected chi connectivity index (χ1v) is 22.9. The minimum atomic E-state index is -1.81. The number of carbonyl (C=O) groups is 3. The second kappa shape index (κ2) is 19.4. The Kier molecular flexibility index (Phi) is 14.6. The molecule has 10 atom stereocenters. The van der Waals surface area contributed by atoms with Gasteiger partial charge in [-0.15, -0.1) is 0 Å². The predicted octanol–water partition coefficient (Wildman–Crippen LogP) is 4.20. The van der Waals surface area contributed by atoms with E-state index >= 15 is 4.79 Å². The number of aliphatic hydroxyl groups excluding tert-OH is 5. The molecule has 16 nitrogen and oxygen atoms in total. The van der Waals surface area contributed by atoms with Crippen molar-refractivity contribution >= 4 is 23.6 Å². The van der Waals surface area contributed by atoms with Crippen LogP contribution in [0.1, 0.15) is 103 Å². The Morgan fingerprint density at radius 2 is 1.56 bits per heavy atom. The molecule has 0 radical (unpaired) electrons. The summed E-state index contributed by atoms with van der Waals surface area (Å²) in [6, 6.07) is 0. The van der Waals surface area contributed by atoms with Gasteiger partial charge in [0.25, 0.3) is 0 Å². The molecule has 5 unspecified atom stereocenters. The second-order valence-corrected chi connectivity index (χ2v) is 19.3. The van der Waals surface area contributed by atoms with Gasteiger partial charge in [0.05, 0.1) is 50.8 Å². The summed E-state index contributed by atoms with van der Waals surface area (Å²) < 4.78 is 49.9. The molecule has 4 bridgehead atoms. The number of ether oxygens (including phenoxy) is 8. The number of Topliss-reactive ketones (excluding diaryl/α,β-unsaturated/α-hetero) is 2. The lowest BCUT2D eigenvalue weighted by molar-refractivity contribution is -0.277. The van der Waals surface area contributed by atoms with E-state index in [-0.39, 0.29) is 86.5 Å². The van der Waals surface area contributed by atoms with Crippen LogP contribution in [-0.4, -0.2) is 142 Å². The van der Waals surface area contributed by atoms with E-state index in [0.29, 0.717) is 36.1 Å². The summed E-state index contributed by atoms with van der Waals surface area (Å²) in [5.41, 5.74) is -1.97. The average molecular weight is 923 g/mol. The van der Waals surface area contributed by atoms with Gasteiger partial charge in [-0.1, -0.05) is 35.5 Å². The van der Waals surface area contributed by atoms with Gasteiger partial charge in [-0.25, -0.2) is 4.79 Å². The molecule has 0 aromatic heterocycles. The minimum Gasteiger partial charge on any atom is -0.482 e. The molecule has 3 fully saturated rings. The average Bonchev–Trinajstić information content (AvgIpc) is 3.42. The van der Waals surface area contributed by atoms with Crippen molar-refractivity contribution in [2.45, 2.75) is 141 Å². The van der Waals surface area contributed by atoms with Crippen LogP contribution in [0, 0.1) is 11.8 Å². The standard InChI is InChI=1S/C50H66O16/c1-27(2)10-9-15-48(8)16-14-32-41(64-48)31(12-11-28(3)4)43-36(42(32)63-46-40(56)39(55)38(54)34(26-52)62-46)37(53)33-24-30-25-35-47(6,7)66-49(44(30)57,50(33,35)65-43)17-13-29(5)45(58)61-23-22-60-21-20-59-19-18-51/h10-11,13-14,16,24,30,34-35,38-40,46,51-52,54-56H,9,12,15,17-23,25-26H2,1-8H3/b29-13-/t30?,34-,35?,38-,39-,40-,46+,48?,49?,50?/m1/s1. The van der Waals surface area contributed by atoms with Gasteiger partial charge >= 0.3 is 5.97 Å². The maximum Gasteiger partial charge on any atom is 0.333 e. The molecule has 0 amide bonds. The maximum absolute atomic E-state index is 15.8. The fourth-order valence-electron chi connectivity index (χ4n) is 10.2. The topological polar surface area (TPSA) is 226 Å². The molecule has 4 heterocycles. The van der Waals surface area contributed by atoms with Crippen molar-refractivity contribution in [3.8, 4) is 17.2 Å². The predicted molar refractivity (Wildman–Crippen MR) is 239 cm³/mol. The van der Waals surface area contributed by atoms with E-state index < -0.39 is 83.3 Å². The number of ketones is 2. The summed E-state index contributed by atoms with van der Waals surface area (Å²) in [4.78, 5) is 44.0. The molecular formula is C50H66O16. The van der Waals surface area contributed by atoms with Gasteiger partial charge in [0.15, 0.2) is 22.8 Å². The number of aliphatic hydroxyl groups is 5. The van der Waals surface area contributed by atoms with E-state index in [1.165, 1.54) is 0 Å². The fourth-order valence-corrected chi connectivity index (χ4v) is 10.2. The molecule has 1 aromatic carbocycles. The van der Waals surface area contributed by atoms with E-state index in [9.17, 15) is 30.0 Å². The molecule has 3 aliphatic carbocycles. The number of benzene rings is 1. The Balaban J connectivity index is 1.35. The van der Waals surface area contributed by atoms with E-state index in [4.69, 9.17) is 43.0 Å². The summed E-state index contributed by atoms with van der Waals surface area (Å²) in [5, 5.41) is 51.7. The van der Waals surface area contributed by atoms with E-state index in [1.807, 2.05) is 60.6 Å². The normalized spacial score (nSPS) is 32.3. The van der Waals surface area contributed by atoms with Crippen molar-refractivity contribution < 1.29 is 77.8 Å². The molecule has 1 aromatic rings. The summed E-state index contributed by atoms with van der Waals surface area (Å²) >= 11 is 0. The number of hydrogen-bond donors (Lipinski definition) is 5. The van der Waals surface area contributed by atoms with E-state index in [0.717, 1.165) is 11.1 Å². The van der Waals surface area contributed by atoms with Crippen molar-refractivity contribution in [3.05, 3.63) is 69.4 Å². The van der Waals surface area contributed by atoms with Crippen LogP contribution >= 0.6 is 0 Å². The maximum atomic E-state index is 15.8. The van der Waals surface area contributed by atoms with E-state index in [1.54, 1.807) is 25.2 Å². The van der Waals surface area contributed by atoms with Gasteiger partial charge in [-0.3, -0.25) is 9.59 Å². The van der Waals surface area contributed by atoms with Gasteiger partial charge in [0.1, 0.15) is 59.4 Å². The Morgan fingerprint density at radius 1 is 0.864 bits per heavy atom. The largest absolute Gasteiger partial charge is 0.482 e. The molecule has 5 N–H and O–H groups in total. The van der Waals surface area contributed by atoms with Crippen molar-refractivity contribution in [2.24, 2.45) is 11.8 Å². The molecule has 8 rings (SSSR count). The zero-order valence-corrected chi connectivity index (χ0v) is 39.2. The van der Waals surface area contributed by atoms with Crippen LogP contribution in [0.25, 0.3) is 6.08 Å². The van der Waals surface area contributed by atoms with Gasteiger partial charge in [0.2, 0.25) is 6.29 Å². The number of allylic oxidation sites excluding steroid dienone is 5. The molecule has 7 aliphatic rings. The Morgan fingerprint density at radius 3 is 2.24 bits per heavy atom. The van der Waals surface area contributed by atoms with Gasteiger partial charge in [-0.2, -0.15) is 0 Å². The van der Waals surface area contributed by atoms with Crippen molar-refractivity contribution in [3.63, 3.8) is 0 Å². The molecule has 66 heavy (non-hydrogen) atoms. The van der Waals surface area contributed by atoms with Crippen LogP contribution in [0.2, 0.25) is 0 Å². The summed E-state index contributed by atoms with van der Waals surface area (Å²) in [6.45, 7) is 15.2. The third kappa shape index (κ3) is 8.85. The van der Waals surface area contributed by atoms with Gasteiger partial charge < -0.3 is 63.4 Å². The van der Waals surface area contributed by atoms with E-state index in [2.05, 4.69) is 6.08 Å². The van der Waals surface area contributed by atoms with Crippen LogP contribution in [0.3, 0.4) is 0 Å². The molecule has 16 heteroatoms. The van der Waals surface area contributed by atoms with Crippen molar-refractivity contribution in [1.82, 2.24) is 0 Å². The third-order valence-corrected chi connectivity index (χ3v) is 13.6. The second-order valence-electron chi connectivity index (χ2n) is 19.3. The highest BCUT2D eigenvalue weighted by molar-refractivity contribution is 6.19. The Hall–Kier alpha value is -4.23. The zero-order valence-electron chi connectivity index (χ0n) is 39.2. The summed E-state index contributed by atoms with van der Waals surface area (Å²) in [5.74, 6) is -2.35. The number of hydrogen-bond acceptors (Lipinski definition) is 16. The number of rotatable bonds is 19. The first-order valence-electron chi connectivity index (χ1n) is 22.9. The monoisotopic (exact) mass is 922 g/mol. The number of esters is 1. The van der Waals surface area contributed by atoms with Crippen LogP contribution < -0.4 is 14.2 Å². The van der Waals surface area contributed by atoms with Crippen LogP contribution in [0.5, 0.6) is 17.2 Å². The number of carbonyl (C=O) groups excluding carboxylic acids is 3. The van der Waals surface area contributed by atoms with Crippen LogP contribution in [0.15, 0.2) is 52.7 Å². The minimum absolute atomic E-state index is 0.0223. The summed E-state index contributed by atoms with van der Waals surface area (Å²) in [7, 11) is 0. The summed E-state index contributed by atoms with van der Waals surface area (Å²) in [6.07, 6.45) is 4.53. The highest BCUT2D eigenvalue weighted by Crippen LogP contribution is 2.69. The van der Waals surface area contributed by atoms with Crippen LogP contribution in [0.4, 0.5) is 0 Å². The third-order valence-electron chi connectivity index (χ3n) is 13.6.